The van der Waals surface area contributed by atoms with Gasteiger partial charge in [0.1, 0.15) is 5.75 Å². The third kappa shape index (κ3) is 2.15. The van der Waals surface area contributed by atoms with Gasteiger partial charge in [-0.3, -0.25) is 0 Å². The third-order valence-electron chi connectivity index (χ3n) is 1.80. The van der Waals surface area contributed by atoms with E-state index in [1.54, 1.807) is 19.1 Å². The summed E-state index contributed by atoms with van der Waals surface area (Å²) < 4.78 is 4.96. The molecule has 0 spiro atoms. The Hall–Kier alpha value is -0.705. The van der Waals surface area contributed by atoms with E-state index in [4.69, 9.17) is 26.4 Å². The van der Waals surface area contributed by atoms with E-state index in [9.17, 15) is 0 Å². The molecule has 0 unspecified atom stereocenters. The Morgan fingerprint density at radius 3 is 2.38 bits per heavy atom. The van der Waals surface area contributed by atoms with Crippen molar-refractivity contribution < 1.29 is 14.8 Å². The molecule has 1 aromatic rings. The summed E-state index contributed by atoms with van der Waals surface area (Å²) in [5.41, 5.74) is 1.02. The average Bonchev–Trinajstić information content (AvgIpc) is 2.02. The molecule has 2 N–H and O–H groups in total. The molecule has 1 rings (SSSR count). The minimum absolute atomic E-state index is 0.298. The van der Waals surface area contributed by atoms with Crippen molar-refractivity contribution in [2.45, 2.75) is 6.92 Å². The van der Waals surface area contributed by atoms with Gasteiger partial charge in [0.05, 0.1) is 7.11 Å². The van der Waals surface area contributed by atoms with E-state index in [0.29, 0.717) is 21.8 Å². The van der Waals surface area contributed by atoms with Crippen LogP contribution in [0.5, 0.6) is 5.75 Å². The van der Waals surface area contributed by atoms with Crippen LogP contribution in [0.15, 0.2) is 12.1 Å². The maximum atomic E-state index is 8.98. The monoisotopic (exact) mass is 200 g/mol. The third-order valence-corrected chi connectivity index (χ3v) is 2.12. The average molecular weight is 200 g/mol. The predicted molar refractivity (Wildman–Crippen MR) is 52.6 cm³/mol. The summed E-state index contributed by atoms with van der Waals surface area (Å²) in [6.07, 6.45) is 0. The molecular weight excluding hydrogens is 190 g/mol. The van der Waals surface area contributed by atoms with Crippen molar-refractivity contribution in [3.63, 3.8) is 0 Å². The van der Waals surface area contributed by atoms with Gasteiger partial charge >= 0.3 is 7.12 Å². The quantitative estimate of drug-likeness (QED) is 0.677. The first kappa shape index (κ1) is 10.4. The van der Waals surface area contributed by atoms with E-state index < -0.39 is 7.12 Å². The number of benzene rings is 1. The normalized spacial score (nSPS) is 9.92. The zero-order chi connectivity index (χ0) is 10.0. The van der Waals surface area contributed by atoms with Crippen LogP contribution in [0.2, 0.25) is 5.02 Å². The van der Waals surface area contributed by atoms with Gasteiger partial charge in [-0.1, -0.05) is 11.6 Å². The van der Waals surface area contributed by atoms with Gasteiger partial charge in [-0.15, -0.1) is 0 Å². The fourth-order valence-corrected chi connectivity index (χ4v) is 1.52. The molecule has 0 aliphatic heterocycles. The van der Waals surface area contributed by atoms with Crippen molar-refractivity contribution in [3.8, 4) is 5.75 Å². The summed E-state index contributed by atoms with van der Waals surface area (Å²) in [5, 5.41) is 18.3. The van der Waals surface area contributed by atoms with E-state index >= 15 is 0 Å². The number of hydrogen-bond donors (Lipinski definition) is 2. The molecule has 0 aromatic heterocycles. The van der Waals surface area contributed by atoms with Gasteiger partial charge in [0.25, 0.3) is 0 Å². The van der Waals surface area contributed by atoms with Crippen molar-refractivity contribution in [2.75, 3.05) is 7.11 Å². The Kier molecular flexibility index (Phi) is 3.19. The van der Waals surface area contributed by atoms with Crippen molar-refractivity contribution in [1.29, 1.82) is 0 Å². The fraction of sp³-hybridized carbons (Fsp3) is 0.250. The predicted octanol–water partition coefficient (Wildman–Crippen LogP) is 0.337. The number of aryl methyl sites for hydroxylation is 1. The van der Waals surface area contributed by atoms with Crippen LogP contribution in [0.25, 0.3) is 0 Å². The Bertz CT molecular complexity index is 291. The van der Waals surface area contributed by atoms with E-state index in [0.717, 1.165) is 0 Å². The van der Waals surface area contributed by atoms with Crippen LogP contribution in [0.3, 0.4) is 0 Å². The second-order valence-electron chi connectivity index (χ2n) is 2.71. The standard InChI is InChI=1S/C8H10BClO3/c1-5-3-6(13-2)4-7(10)8(5)9(11)12/h3-4,11-12H,1-2H3. The van der Waals surface area contributed by atoms with Crippen LogP contribution in [0, 0.1) is 6.92 Å². The molecule has 0 fully saturated rings. The lowest BCUT2D eigenvalue weighted by molar-refractivity contribution is 0.413. The first-order chi connectivity index (χ1) is 6.06. The van der Waals surface area contributed by atoms with Gasteiger partial charge in [0.2, 0.25) is 0 Å². The van der Waals surface area contributed by atoms with Gasteiger partial charge in [0.15, 0.2) is 0 Å². The van der Waals surface area contributed by atoms with Gasteiger partial charge in [-0.2, -0.15) is 0 Å². The van der Waals surface area contributed by atoms with Crippen LogP contribution < -0.4 is 10.2 Å². The van der Waals surface area contributed by atoms with E-state index in [-0.39, 0.29) is 0 Å². The molecule has 0 saturated carbocycles. The zero-order valence-corrected chi connectivity index (χ0v) is 8.17. The molecule has 0 aliphatic carbocycles. The lowest BCUT2D eigenvalue weighted by Gasteiger charge is -2.09. The summed E-state index contributed by atoms with van der Waals surface area (Å²) in [5.74, 6) is 0.604. The maximum absolute atomic E-state index is 8.98. The van der Waals surface area contributed by atoms with Crippen LogP contribution in [-0.2, 0) is 0 Å². The second-order valence-corrected chi connectivity index (χ2v) is 3.12. The number of rotatable bonds is 2. The molecule has 0 heterocycles. The molecular formula is C8H10BClO3. The fourth-order valence-electron chi connectivity index (χ4n) is 1.17. The SMILES string of the molecule is COc1cc(C)c(B(O)O)c(Cl)c1. The first-order valence-electron chi connectivity index (χ1n) is 3.76. The van der Waals surface area contributed by atoms with Crippen LogP contribution in [0.4, 0.5) is 0 Å². The Labute approximate surface area is 82.1 Å². The molecule has 0 saturated heterocycles. The summed E-state index contributed by atoms with van der Waals surface area (Å²) in [7, 11) is -0.0152. The molecule has 0 radical (unpaired) electrons. The first-order valence-corrected chi connectivity index (χ1v) is 4.14. The summed E-state index contributed by atoms with van der Waals surface area (Å²) in [6.45, 7) is 1.74. The van der Waals surface area contributed by atoms with Crippen molar-refractivity contribution in [1.82, 2.24) is 0 Å². The summed E-state index contributed by atoms with van der Waals surface area (Å²) >= 11 is 5.81. The van der Waals surface area contributed by atoms with Crippen LogP contribution in [-0.4, -0.2) is 24.3 Å². The highest BCUT2D eigenvalue weighted by atomic mass is 35.5. The maximum Gasteiger partial charge on any atom is 0.490 e. The molecule has 3 nitrogen and oxygen atoms in total. The summed E-state index contributed by atoms with van der Waals surface area (Å²) in [4.78, 5) is 0. The highest BCUT2D eigenvalue weighted by molar-refractivity contribution is 6.63. The van der Waals surface area contributed by atoms with Crippen molar-refractivity contribution >= 4 is 24.2 Å². The molecule has 1 aromatic carbocycles. The van der Waals surface area contributed by atoms with Crippen molar-refractivity contribution in [3.05, 3.63) is 22.7 Å². The molecule has 70 valence electrons. The molecule has 5 heteroatoms. The molecule has 13 heavy (non-hydrogen) atoms. The number of halogens is 1. The largest absolute Gasteiger partial charge is 0.497 e. The topological polar surface area (TPSA) is 49.7 Å². The second kappa shape index (κ2) is 4.00. The van der Waals surface area contributed by atoms with Crippen LogP contribution >= 0.6 is 11.6 Å². The Balaban J connectivity index is 3.23. The molecule has 0 atom stereocenters. The van der Waals surface area contributed by atoms with Gasteiger partial charge in [0, 0.05) is 10.5 Å². The smallest absolute Gasteiger partial charge is 0.490 e. The lowest BCUT2D eigenvalue weighted by Crippen LogP contribution is -2.33. The lowest BCUT2D eigenvalue weighted by atomic mass is 9.77. The summed E-state index contributed by atoms with van der Waals surface area (Å²) in [6, 6.07) is 3.24. The minimum atomic E-state index is -1.54. The van der Waals surface area contributed by atoms with Crippen molar-refractivity contribution in [2.24, 2.45) is 0 Å². The highest BCUT2D eigenvalue weighted by Gasteiger charge is 2.18. The van der Waals surface area contributed by atoms with Gasteiger partial charge in [-0.25, -0.2) is 0 Å². The Morgan fingerprint density at radius 2 is 2.00 bits per heavy atom. The van der Waals surface area contributed by atoms with Gasteiger partial charge < -0.3 is 14.8 Å². The van der Waals surface area contributed by atoms with Gasteiger partial charge in [-0.05, 0) is 24.6 Å². The molecule has 0 amide bonds. The molecule has 0 bridgehead atoms. The highest BCUT2D eigenvalue weighted by Crippen LogP contribution is 2.18. The zero-order valence-electron chi connectivity index (χ0n) is 7.41. The molecule has 0 aliphatic rings. The number of ether oxygens (including phenoxy) is 1. The van der Waals surface area contributed by atoms with E-state index in [1.165, 1.54) is 7.11 Å². The Morgan fingerprint density at radius 1 is 1.38 bits per heavy atom. The van der Waals surface area contributed by atoms with Crippen LogP contribution in [0.1, 0.15) is 5.56 Å². The van der Waals surface area contributed by atoms with E-state index in [1.807, 2.05) is 0 Å². The number of methoxy groups -OCH3 is 1. The van der Waals surface area contributed by atoms with E-state index in [2.05, 4.69) is 0 Å². The number of hydrogen-bond acceptors (Lipinski definition) is 3. The minimum Gasteiger partial charge on any atom is -0.497 e.